The molecule has 3 rings (SSSR count). The summed E-state index contributed by atoms with van der Waals surface area (Å²) in [5.41, 5.74) is 0.998. The van der Waals surface area contributed by atoms with Crippen molar-refractivity contribution >= 4 is 10.8 Å². The number of benzene rings is 2. The highest BCUT2D eigenvalue weighted by molar-refractivity contribution is 5.83. The molecule has 0 saturated heterocycles. The van der Waals surface area contributed by atoms with E-state index in [2.05, 4.69) is 28.5 Å². The minimum absolute atomic E-state index is 0.750. The summed E-state index contributed by atoms with van der Waals surface area (Å²) in [6, 6.07) is 18.2. The van der Waals surface area contributed by atoms with E-state index in [1.165, 1.54) is 10.8 Å². The zero-order chi connectivity index (χ0) is 13.8. The second-order valence-electron chi connectivity index (χ2n) is 4.63. The number of ether oxygens (including phenoxy) is 1. The van der Waals surface area contributed by atoms with Gasteiger partial charge in [0.1, 0.15) is 11.5 Å². The molecular formula is C17H16N2O. The van der Waals surface area contributed by atoms with Crippen molar-refractivity contribution in [3.63, 3.8) is 0 Å². The SMILES string of the molecule is CNCc1ccc(Oc2ccc3ccccc3c2)cn1. The molecule has 0 bridgehead atoms. The molecule has 3 nitrogen and oxygen atoms in total. The summed E-state index contributed by atoms with van der Waals surface area (Å²) in [6.45, 7) is 0.760. The smallest absolute Gasteiger partial charge is 0.145 e. The van der Waals surface area contributed by atoms with Crippen LogP contribution < -0.4 is 10.1 Å². The molecule has 1 N–H and O–H groups in total. The molecule has 0 amide bonds. The first-order chi connectivity index (χ1) is 9.85. The van der Waals surface area contributed by atoms with E-state index in [9.17, 15) is 0 Å². The molecule has 0 saturated carbocycles. The largest absolute Gasteiger partial charge is 0.456 e. The van der Waals surface area contributed by atoms with Gasteiger partial charge in [-0.05, 0) is 42.1 Å². The molecule has 3 aromatic rings. The van der Waals surface area contributed by atoms with Crippen LogP contribution in [-0.2, 0) is 6.54 Å². The third-order valence-electron chi connectivity index (χ3n) is 3.11. The summed E-state index contributed by atoms with van der Waals surface area (Å²) in [4.78, 5) is 4.34. The first-order valence-corrected chi connectivity index (χ1v) is 6.61. The number of pyridine rings is 1. The molecule has 0 aliphatic rings. The molecule has 0 atom stereocenters. The van der Waals surface area contributed by atoms with Gasteiger partial charge in [0.2, 0.25) is 0 Å². The highest BCUT2D eigenvalue weighted by Crippen LogP contribution is 2.25. The minimum atomic E-state index is 0.750. The van der Waals surface area contributed by atoms with Crippen LogP contribution in [0.25, 0.3) is 10.8 Å². The molecule has 3 heteroatoms. The van der Waals surface area contributed by atoms with Gasteiger partial charge in [-0.25, -0.2) is 0 Å². The van der Waals surface area contributed by atoms with Crippen molar-refractivity contribution in [2.45, 2.75) is 6.54 Å². The maximum atomic E-state index is 5.84. The number of nitrogens with zero attached hydrogens (tertiary/aromatic N) is 1. The zero-order valence-electron chi connectivity index (χ0n) is 11.3. The van der Waals surface area contributed by atoms with Crippen molar-refractivity contribution in [2.75, 3.05) is 7.05 Å². The number of hydrogen-bond acceptors (Lipinski definition) is 3. The Morgan fingerprint density at radius 3 is 2.50 bits per heavy atom. The third-order valence-corrected chi connectivity index (χ3v) is 3.11. The maximum absolute atomic E-state index is 5.84. The van der Waals surface area contributed by atoms with Crippen molar-refractivity contribution in [1.29, 1.82) is 0 Å². The lowest BCUT2D eigenvalue weighted by molar-refractivity contribution is 0.480. The molecule has 20 heavy (non-hydrogen) atoms. The molecule has 0 radical (unpaired) electrons. The van der Waals surface area contributed by atoms with Crippen molar-refractivity contribution in [3.8, 4) is 11.5 Å². The van der Waals surface area contributed by atoms with Gasteiger partial charge < -0.3 is 10.1 Å². The van der Waals surface area contributed by atoms with Gasteiger partial charge in [-0.2, -0.15) is 0 Å². The van der Waals surface area contributed by atoms with Crippen LogP contribution in [0.2, 0.25) is 0 Å². The standard InChI is InChI=1S/C17H16N2O/c1-18-11-15-7-9-17(12-19-15)20-16-8-6-13-4-2-3-5-14(13)10-16/h2-10,12,18H,11H2,1H3. The van der Waals surface area contributed by atoms with Gasteiger partial charge in [-0.3, -0.25) is 4.98 Å². The topological polar surface area (TPSA) is 34.1 Å². The van der Waals surface area contributed by atoms with Crippen LogP contribution >= 0.6 is 0 Å². The Kier molecular flexibility index (Phi) is 3.61. The quantitative estimate of drug-likeness (QED) is 0.779. The number of aromatic nitrogens is 1. The van der Waals surface area contributed by atoms with Crippen LogP contribution in [0.5, 0.6) is 11.5 Å². The lowest BCUT2D eigenvalue weighted by Crippen LogP contribution is -2.06. The number of hydrogen-bond donors (Lipinski definition) is 1. The van der Waals surface area contributed by atoms with Crippen LogP contribution in [-0.4, -0.2) is 12.0 Å². The van der Waals surface area contributed by atoms with E-state index in [0.29, 0.717) is 0 Å². The predicted octanol–water partition coefficient (Wildman–Crippen LogP) is 3.75. The number of rotatable bonds is 4. The Morgan fingerprint density at radius 1 is 0.950 bits per heavy atom. The Morgan fingerprint density at radius 2 is 1.75 bits per heavy atom. The summed E-state index contributed by atoms with van der Waals surface area (Å²) in [6.07, 6.45) is 1.75. The van der Waals surface area contributed by atoms with E-state index in [1.807, 2.05) is 43.4 Å². The van der Waals surface area contributed by atoms with E-state index in [1.54, 1.807) is 6.20 Å². The third kappa shape index (κ3) is 2.78. The van der Waals surface area contributed by atoms with Gasteiger partial charge >= 0.3 is 0 Å². The number of fused-ring (bicyclic) bond motifs is 1. The highest BCUT2D eigenvalue weighted by atomic mass is 16.5. The van der Waals surface area contributed by atoms with Gasteiger partial charge in [0.15, 0.2) is 0 Å². The van der Waals surface area contributed by atoms with Crippen LogP contribution in [0.1, 0.15) is 5.69 Å². The fourth-order valence-corrected chi connectivity index (χ4v) is 2.12. The highest BCUT2D eigenvalue weighted by Gasteiger charge is 2.00. The van der Waals surface area contributed by atoms with Gasteiger partial charge in [-0.1, -0.05) is 30.3 Å². The molecule has 0 aliphatic carbocycles. The molecule has 100 valence electrons. The first kappa shape index (κ1) is 12.6. The molecular weight excluding hydrogens is 248 g/mol. The van der Waals surface area contributed by atoms with E-state index < -0.39 is 0 Å². The minimum Gasteiger partial charge on any atom is -0.456 e. The van der Waals surface area contributed by atoms with E-state index in [-0.39, 0.29) is 0 Å². The van der Waals surface area contributed by atoms with Crippen LogP contribution in [0.15, 0.2) is 60.8 Å². The van der Waals surface area contributed by atoms with Crippen molar-refractivity contribution in [1.82, 2.24) is 10.3 Å². The second kappa shape index (κ2) is 5.72. The second-order valence-corrected chi connectivity index (χ2v) is 4.63. The first-order valence-electron chi connectivity index (χ1n) is 6.61. The van der Waals surface area contributed by atoms with Gasteiger partial charge in [0, 0.05) is 6.54 Å². The predicted molar refractivity (Wildman–Crippen MR) is 81.0 cm³/mol. The average molecular weight is 264 g/mol. The Labute approximate surface area is 118 Å². The zero-order valence-corrected chi connectivity index (χ0v) is 11.3. The lowest BCUT2D eigenvalue weighted by atomic mass is 10.1. The number of nitrogens with one attached hydrogen (secondary N) is 1. The van der Waals surface area contributed by atoms with Gasteiger partial charge in [0.25, 0.3) is 0 Å². The lowest BCUT2D eigenvalue weighted by Gasteiger charge is -2.07. The molecule has 0 spiro atoms. The fraction of sp³-hybridized carbons (Fsp3) is 0.118. The summed E-state index contributed by atoms with van der Waals surface area (Å²) in [5.74, 6) is 1.58. The fourth-order valence-electron chi connectivity index (χ4n) is 2.12. The Bertz CT molecular complexity index is 708. The summed E-state index contributed by atoms with van der Waals surface area (Å²) in [7, 11) is 1.90. The maximum Gasteiger partial charge on any atom is 0.145 e. The summed E-state index contributed by atoms with van der Waals surface area (Å²) in [5, 5.41) is 5.45. The molecule has 0 unspecified atom stereocenters. The van der Waals surface area contributed by atoms with Crippen molar-refractivity contribution < 1.29 is 4.74 Å². The van der Waals surface area contributed by atoms with E-state index in [0.717, 1.165) is 23.7 Å². The van der Waals surface area contributed by atoms with Crippen LogP contribution in [0, 0.1) is 0 Å². The summed E-state index contributed by atoms with van der Waals surface area (Å²) < 4.78 is 5.84. The van der Waals surface area contributed by atoms with Gasteiger partial charge in [0.05, 0.1) is 11.9 Å². The Hall–Kier alpha value is -2.39. The molecule has 0 fully saturated rings. The van der Waals surface area contributed by atoms with Crippen LogP contribution in [0.4, 0.5) is 0 Å². The molecule has 2 aromatic carbocycles. The normalized spacial score (nSPS) is 10.7. The Balaban J connectivity index is 1.81. The van der Waals surface area contributed by atoms with Crippen LogP contribution in [0.3, 0.4) is 0 Å². The van der Waals surface area contributed by atoms with E-state index in [4.69, 9.17) is 4.74 Å². The molecule has 1 heterocycles. The van der Waals surface area contributed by atoms with Gasteiger partial charge in [-0.15, -0.1) is 0 Å². The molecule has 0 aliphatic heterocycles. The average Bonchev–Trinajstić information content (AvgIpc) is 2.49. The van der Waals surface area contributed by atoms with Crippen molar-refractivity contribution in [2.24, 2.45) is 0 Å². The van der Waals surface area contributed by atoms with E-state index >= 15 is 0 Å². The summed E-state index contributed by atoms with van der Waals surface area (Å²) >= 11 is 0. The van der Waals surface area contributed by atoms with Crippen molar-refractivity contribution in [3.05, 3.63) is 66.5 Å². The molecule has 1 aromatic heterocycles. The monoisotopic (exact) mass is 264 g/mol.